The van der Waals surface area contributed by atoms with Crippen molar-refractivity contribution >= 4 is 92.8 Å². The van der Waals surface area contributed by atoms with Gasteiger partial charge in [-0.25, -0.2) is 0 Å². The Kier molecular flexibility index (Phi) is 3.39. The van der Waals surface area contributed by atoms with Gasteiger partial charge in [0.05, 0.1) is 20.8 Å². The van der Waals surface area contributed by atoms with Gasteiger partial charge in [-0.15, -0.1) is 46.4 Å². The topological polar surface area (TPSA) is 0 Å². The summed E-state index contributed by atoms with van der Waals surface area (Å²) in [4.78, 5) is -2.50. The van der Waals surface area contributed by atoms with Crippen LogP contribution in [0, 0.1) is 11.8 Å². The third-order valence-corrected chi connectivity index (χ3v) is 9.79. The molecular formula is C10H6Cl8. The molecule has 8 heteroatoms. The van der Waals surface area contributed by atoms with Crippen LogP contribution in [0.3, 0.4) is 0 Å². The van der Waals surface area contributed by atoms with Crippen molar-refractivity contribution < 1.29 is 0 Å². The Hall–Kier alpha value is 2.06. The lowest BCUT2D eigenvalue weighted by atomic mass is 9.84. The highest BCUT2D eigenvalue weighted by molar-refractivity contribution is 6.66. The van der Waals surface area contributed by atoms with E-state index in [0.29, 0.717) is 6.42 Å². The van der Waals surface area contributed by atoms with Crippen LogP contribution in [-0.2, 0) is 0 Å². The van der Waals surface area contributed by atoms with Crippen molar-refractivity contribution in [3.05, 3.63) is 10.1 Å². The standard InChI is InChI=1S/C10H6Cl8/c11-3-1-2-4(5(3)12)9(16)7(14)6(13)8(2,15)10(9,17)18/h2-5H,1H2/t2-,3-,4-,5-,8-,9+/m1/s1. The first-order chi connectivity index (χ1) is 8.11. The van der Waals surface area contributed by atoms with E-state index in [9.17, 15) is 0 Å². The molecule has 0 aromatic heterocycles. The van der Waals surface area contributed by atoms with Gasteiger partial charge < -0.3 is 0 Å². The molecule has 0 heterocycles. The second-order valence-corrected chi connectivity index (χ2v) is 9.29. The monoisotopic (exact) mass is 406 g/mol. The van der Waals surface area contributed by atoms with E-state index in [-0.39, 0.29) is 27.3 Å². The first-order valence-electron chi connectivity index (χ1n) is 5.21. The van der Waals surface area contributed by atoms with Gasteiger partial charge in [-0.2, -0.15) is 0 Å². The molecule has 0 amide bonds. The Morgan fingerprint density at radius 2 is 1.39 bits per heavy atom. The van der Waals surface area contributed by atoms with Gasteiger partial charge in [0.1, 0.15) is 9.75 Å². The average molecular weight is 410 g/mol. The Labute approximate surface area is 145 Å². The lowest BCUT2D eigenvalue weighted by molar-refractivity contribution is 0.385. The van der Waals surface area contributed by atoms with E-state index in [1.165, 1.54) is 0 Å². The molecule has 18 heavy (non-hydrogen) atoms. The fourth-order valence-corrected chi connectivity index (χ4v) is 7.46. The maximum absolute atomic E-state index is 6.62. The van der Waals surface area contributed by atoms with E-state index in [0.717, 1.165) is 0 Å². The van der Waals surface area contributed by atoms with Gasteiger partial charge in [-0.1, -0.05) is 46.4 Å². The fourth-order valence-electron chi connectivity index (χ4n) is 3.48. The Bertz CT molecular complexity index is 459. The van der Waals surface area contributed by atoms with Crippen LogP contribution in [0.25, 0.3) is 0 Å². The SMILES string of the molecule is ClC1=C(Cl)[C@]2(Cl)[C@@H]3C[C@@H](Cl)[C@@H](Cl)[C@@H]3[C@@]1(Cl)C2(Cl)Cl. The maximum atomic E-state index is 6.62. The smallest absolute Gasteiger partial charge is 0.121 e. The number of hydrogen-bond donors (Lipinski definition) is 0. The zero-order chi connectivity index (χ0) is 13.7. The second kappa shape index (κ2) is 4.07. The molecule has 2 bridgehead atoms. The van der Waals surface area contributed by atoms with Gasteiger partial charge in [0.15, 0.2) is 4.33 Å². The second-order valence-electron chi connectivity index (χ2n) is 4.95. The number of fused-ring (bicyclic) bond motifs is 5. The fraction of sp³-hybridized carbons (Fsp3) is 0.800. The molecular weight excluding hydrogens is 404 g/mol. The highest BCUT2D eigenvalue weighted by Gasteiger charge is 2.84. The van der Waals surface area contributed by atoms with Gasteiger partial charge in [0, 0.05) is 5.92 Å². The molecule has 0 aromatic rings. The Morgan fingerprint density at radius 1 is 0.889 bits per heavy atom. The molecule has 0 aliphatic heterocycles. The van der Waals surface area contributed by atoms with Crippen molar-refractivity contribution in [3.63, 3.8) is 0 Å². The van der Waals surface area contributed by atoms with Gasteiger partial charge >= 0.3 is 0 Å². The summed E-state index contributed by atoms with van der Waals surface area (Å²) in [6.07, 6.45) is 0.555. The maximum Gasteiger partial charge on any atom is 0.166 e. The summed E-state index contributed by atoms with van der Waals surface area (Å²) in [7, 11) is 0. The molecule has 0 saturated heterocycles. The lowest BCUT2D eigenvalue weighted by Gasteiger charge is -2.35. The zero-order valence-electron chi connectivity index (χ0n) is 8.54. The van der Waals surface area contributed by atoms with E-state index in [1.807, 2.05) is 0 Å². The Balaban J connectivity index is 2.26. The van der Waals surface area contributed by atoms with Crippen LogP contribution in [0.5, 0.6) is 0 Å². The number of rotatable bonds is 0. The average Bonchev–Trinajstić information content (AvgIpc) is 2.69. The van der Waals surface area contributed by atoms with Crippen LogP contribution < -0.4 is 0 Å². The van der Waals surface area contributed by atoms with E-state index >= 15 is 0 Å². The minimum absolute atomic E-state index is 0.184. The van der Waals surface area contributed by atoms with Crippen molar-refractivity contribution in [2.24, 2.45) is 11.8 Å². The van der Waals surface area contributed by atoms with Crippen molar-refractivity contribution in [2.45, 2.75) is 31.3 Å². The van der Waals surface area contributed by atoms with E-state index in [4.69, 9.17) is 92.8 Å². The molecule has 2 saturated carbocycles. The summed E-state index contributed by atoms with van der Waals surface area (Å²) in [5, 5.41) is -0.259. The Morgan fingerprint density at radius 3 is 1.94 bits per heavy atom. The molecule has 2 fully saturated rings. The minimum Gasteiger partial charge on any atom is -0.121 e. The summed E-state index contributed by atoms with van der Waals surface area (Å²) in [6, 6.07) is 0. The summed E-state index contributed by atoms with van der Waals surface area (Å²) in [5.74, 6) is -0.488. The van der Waals surface area contributed by atoms with E-state index < -0.39 is 19.5 Å². The van der Waals surface area contributed by atoms with Gasteiger partial charge in [-0.3, -0.25) is 0 Å². The molecule has 0 aromatic carbocycles. The van der Waals surface area contributed by atoms with Crippen LogP contribution in [-0.4, -0.2) is 24.8 Å². The third-order valence-electron chi connectivity index (χ3n) is 4.32. The van der Waals surface area contributed by atoms with E-state index in [2.05, 4.69) is 0 Å². The molecule has 0 spiro atoms. The number of hydrogen-bond acceptors (Lipinski definition) is 0. The van der Waals surface area contributed by atoms with Crippen molar-refractivity contribution in [3.8, 4) is 0 Å². The lowest BCUT2D eigenvalue weighted by Crippen LogP contribution is -2.47. The molecule has 3 aliphatic carbocycles. The first-order valence-corrected chi connectivity index (χ1v) is 8.35. The first kappa shape index (κ1) is 15.0. The molecule has 102 valence electrons. The summed E-state index contributed by atoms with van der Waals surface area (Å²) in [5.41, 5.74) is 0. The molecule has 3 aliphatic rings. The largest absolute Gasteiger partial charge is 0.166 e. The minimum atomic E-state index is -1.50. The van der Waals surface area contributed by atoms with Crippen LogP contribution in [0.1, 0.15) is 6.42 Å². The van der Waals surface area contributed by atoms with Crippen molar-refractivity contribution in [2.75, 3.05) is 0 Å². The summed E-state index contributed by atoms with van der Waals surface area (Å²) >= 11 is 51.0. The van der Waals surface area contributed by atoms with E-state index in [1.54, 1.807) is 0 Å². The summed E-state index contributed by atoms with van der Waals surface area (Å²) < 4.78 is -1.50. The molecule has 3 rings (SSSR count). The highest BCUT2D eigenvalue weighted by atomic mass is 35.5. The van der Waals surface area contributed by atoms with Gasteiger partial charge in [0.25, 0.3) is 0 Å². The number of halogens is 8. The quantitative estimate of drug-likeness (QED) is 0.451. The van der Waals surface area contributed by atoms with Crippen LogP contribution >= 0.6 is 92.8 Å². The van der Waals surface area contributed by atoms with Gasteiger partial charge in [-0.05, 0) is 12.3 Å². The van der Waals surface area contributed by atoms with Gasteiger partial charge in [0.2, 0.25) is 0 Å². The molecule has 0 radical (unpaired) electrons. The zero-order valence-corrected chi connectivity index (χ0v) is 14.6. The predicted molar refractivity (Wildman–Crippen MR) is 81.2 cm³/mol. The normalized spacial score (nSPS) is 57.3. The summed E-state index contributed by atoms with van der Waals surface area (Å²) in [6.45, 7) is 0. The van der Waals surface area contributed by atoms with Crippen molar-refractivity contribution in [1.29, 1.82) is 0 Å². The molecule has 0 unspecified atom stereocenters. The van der Waals surface area contributed by atoms with Crippen molar-refractivity contribution in [1.82, 2.24) is 0 Å². The predicted octanol–water partition coefficient (Wildman–Crippen LogP) is 5.68. The van der Waals surface area contributed by atoms with Crippen LogP contribution in [0.15, 0.2) is 10.1 Å². The van der Waals surface area contributed by atoms with Crippen LogP contribution in [0.4, 0.5) is 0 Å². The number of allylic oxidation sites excluding steroid dienone is 2. The highest BCUT2D eigenvalue weighted by Crippen LogP contribution is 2.79. The molecule has 0 nitrogen and oxygen atoms in total. The van der Waals surface area contributed by atoms with Crippen LogP contribution in [0.2, 0.25) is 0 Å². The number of alkyl halides is 6. The molecule has 6 atom stereocenters. The third kappa shape index (κ3) is 1.28. The molecule has 0 N–H and O–H groups in total.